The van der Waals surface area contributed by atoms with Crippen LogP contribution < -0.4 is 19.4 Å². The summed E-state index contributed by atoms with van der Waals surface area (Å²) in [4.78, 5) is 13.8. The van der Waals surface area contributed by atoms with Crippen LogP contribution in [0, 0.1) is 103 Å². The first-order valence-corrected chi connectivity index (χ1v) is 50.3. The second kappa shape index (κ2) is 39.4. The fraction of sp³-hybridized carbons (Fsp3) is 0.256. The number of anilines is 3. The van der Waals surface area contributed by atoms with Crippen LogP contribution in [0.4, 0.5) is 17.1 Å². The molecule has 7 nitrogen and oxygen atoms in total. The first-order valence-electron chi connectivity index (χ1n) is 33.9. The van der Waals surface area contributed by atoms with E-state index in [1.165, 1.54) is 105 Å². The predicted octanol–water partition coefficient (Wildman–Crippen LogP) is 22.8. The molecule has 3 fully saturated rings. The number of hydrogen-bond acceptors (Lipinski definition) is 7. The van der Waals surface area contributed by atoms with E-state index in [9.17, 15) is 0 Å². The van der Waals surface area contributed by atoms with Gasteiger partial charge >= 0.3 is 380 Å². The summed E-state index contributed by atoms with van der Waals surface area (Å²) in [6.07, 6.45) is 0.163. The molecular weight excluding hydrogens is 1650 g/mol. The molecule has 3 aliphatic rings. The van der Waals surface area contributed by atoms with Crippen LogP contribution in [0.5, 0.6) is 5.75 Å². The van der Waals surface area contributed by atoms with Gasteiger partial charge in [-0.1, -0.05) is 53.1 Å². The molecule has 0 aromatic heterocycles. The number of aryl methyl sites for hydroxylation is 10. The van der Waals surface area contributed by atoms with E-state index in [1.807, 2.05) is 82.3 Å². The average molecular weight is 1750 g/mol. The van der Waals surface area contributed by atoms with Crippen molar-refractivity contribution in [1.29, 1.82) is 0 Å². The van der Waals surface area contributed by atoms with Gasteiger partial charge in [0.15, 0.2) is 0 Å². The number of ether oxygens (including phenoxy) is 1. The molecule has 0 saturated carbocycles. The van der Waals surface area contributed by atoms with Crippen LogP contribution in [-0.2, 0) is 40.6 Å². The van der Waals surface area contributed by atoms with Crippen LogP contribution in [-0.4, -0.2) is 95.0 Å². The molecule has 548 valence electrons. The summed E-state index contributed by atoms with van der Waals surface area (Å²) in [5, 5.41) is 4.85. The molecule has 16 heteroatoms. The molecule has 0 amide bonds. The number of hydrogen-bond donors (Lipinski definition) is 0. The number of para-hydroxylation sites is 1. The fourth-order valence-electron chi connectivity index (χ4n) is 13.5. The summed E-state index contributed by atoms with van der Waals surface area (Å²) in [5.74, 6) is 0.850. The van der Waals surface area contributed by atoms with Crippen molar-refractivity contribution in [3.8, 4) is 28.0 Å². The third kappa shape index (κ3) is 23.1. The normalized spacial score (nSPS) is 14.1. The van der Waals surface area contributed by atoms with Gasteiger partial charge in [0.25, 0.3) is 0 Å². The van der Waals surface area contributed by atoms with Crippen LogP contribution in [0.2, 0.25) is 0 Å². The summed E-state index contributed by atoms with van der Waals surface area (Å²) < 4.78 is 11.4. The Morgan fingerprint density at radius 3 is 1.20 bits per heavy atom. The second-order valence-corrected chi connectivity index (χ2v) is 43.7. The van der Waals surface area contributed by atoms with E-state index in [0.717, 1.165) is 84.0 Å². The maximum absolute atomic E-state index is 6.19. The number of benzene rings is 10. The van der Waals surface area contributed by atoms with Crippen molar-refractivity contribution in [2.24, 2.45) is 0 Å². The van der Waals surface area contributed by atoms with Gasteiger partial charge in [0.2, 0.25) is 0 Å². The quantitative estimate of drug-likeness (QED) is 0.0995. The van der Waals surface area contributed by atoms with Crippen molar-refractivity contribution in [2.45, 2.75) is 89.2 Å². The summed E-state index contributed by atoms with van der Waals surface area (Å²) in [6.45, 7) is 47.6. The molecular formula is C86H97Cl6N6ORu3-5. The average Bonchev–Trinajstić information content (AvgIpc) is 0.879. The molecule has 0 radical (unpaired) electrons. The van der Waals surface area contributed by atoms with Crippen molar-refractivity contribution < 1.29 is 45.3 Å². The number of halogens is 6. The molecule has 10 aromatic rings. The Morgan fingerprint density at radius 2 is 0.765 bits per heavy atom. The molecule has 0 bridgehead atoms. The first kappa shape index (κ1) is 82.4. The van der Waals surface area contributed by atoms with Crippen molar-refractivity contribution in [2.75, 3.05) is 75.1 Å². The monoisotopic (exact) mass is 1750 g/mol. The molecule has 13 rings (SSSR count). The Kier molecular flexibility index (Phi) is 31.8. The molecule has 3 saturated heterocycles. The van der Waals surface area contributed by atoms with Gasteiger partial charge < -0.3 is 29.4 Å². The molecule has 0 N–H and O–H groups in total. The number of fused-ring (bicyclic) bond motifs is 2. The SMILES string of the molecule is CC(C)Oc1ccccc1[CH]=[Ru]([Cl])[Cl].Cc1cc(C)c(N2[CH-]N(C)CC2)c(C)c1.Cc1cc(C)c(N2[CH-]N(C)CC2)c(C)c1.Cc1cc(C)c(N2[CH-]N(C)CC2)c(C)c1.[CH2-]c1c([CH]=[Ru]([Cl])[Cl])cc2ccccc2c1-c1c(C)ccc2ccccc12.[CH2-]c1c([CH]=[Ru]([Cl])[Cl])cccc1-c1ccccc1. The van der Waals surface area contributed by atoms with Gasteiger partial charge in [0.1, 0.15) is 0 Å². The minimum absolute atomic E-state index is 0.163. The third-order valence-electron chi connectivity index (χ3n) is 17.6. The molecule has 0 unspecified atom stereocenters. The van der Waals surface area contributed by atoms with Gasteiger partial charge in [-0.3, -0.25) is 0 Å². The molecule has 0 spiro atoms. The van der Waals surface area contributed by atoms with Gasteiger partial charge in [-0.05, 0) is 136 Å². The van der Waals surface area contributed by atoms with Crippen molar-refractivity contribution >= 4 is 111 Å². The predicted molar refractivity (Wildman–Crippen MR) is 440 cm³/mol. The molecule has 0 atom stereocenters. The third-order valence-corrected chi connectivity index (χ3v) is 23.1. The fourth-order valence-corrected chi connectivity index (χ4v) is 19.0. The molecule has 3 aliphatic heterocycles. The summed E-state index contributed by atoms with van der Waals surface area (Å²) in [7, 11) is 42.2. The van der Waals surface area contributed by atoms with E-state index in [-0.39, 0.29) is 6.10 Å². The van der Waals surface area contributed by atoms with E-state index >= 15 is 0 Å². The molecule has 3 heterocycles. The van der Waals surface area contributed by atoms with E-state index in [0.29, 0.717) is 0 Å². The van der Waals surface area contributed by atoms with Gasteiger partial charge in [-0.15, -0.1) is 0 Å². The van der Waals surface area contributed by atoms with Crippen LogP contribution in [0.3, 0.4) is 0 Å². The van der Waals surface area contributed by atoms with E-state index in [4.69, 9.17) is 62.9 Å². The van der Waals surface area contributed by atoms with Gasteiger partial charge in [0, 0.05) is 36.7 Å². The zero-order valence-corrected chi connectivity index (χ0v) is 71.1. The summed E-state index contributed by atoms with van der Waals surface area (Å²) >= 11 is -5.52. The van der Waals surface area contributed by atoms with E-state index in [1.54, 1.807) is 0 Å². The standard InChI is InChI=1S/C23H17.C14H11.3C13H19N2.C10H12O.6ClH.3Ru/c1-15-12-13-18-8-4-6-10-20(18)22(15)23-17(3)16(2)14-19-9-5-7-11-21(19)23;1-11-7-6-10-14(12(11)2)13-8-4-3-5-9-13;3*1-10-7-11(2)13(12(3)8-10)15-6-5-14(4)9-15;1-8(2)11-10-7-5-4-6-9(10)3;;;;;;;;;/h2,4-14H,3H2,1H3;1,3-10H,2H2;3*7-9H,5-6H2,1-4H3;3-8H,1-2H3;6*1H;;;/q5*-1;;;;;;;;3*+2/p-6. The van der Waals surface area contributed by atoms with Crippen LogP contribution in [0.1, 0.15) is 97.3 Å². The zero-order chi connectivity index (χ0) is 74.1. The molecule has 0 aliphatic carbocycles. The van der Waals surface area contributed by atoms with Crippen LogP contribution in [0.15, 0.2) is 176 Å². The van der Waals surface area contributed by atoms with Crippen molar-refractivity contribution in [3.63, 3.8) is 0 Å². The van der Waals surface area contributed by atoms with E-state index < -0.39 is 40.6 Å². The van der Waals surface area contributed by atoms with Gasteiger partial charge in [-0.2, -0.15) is 20.0 Å². The molecule has 10 aromatic carbocycles. The van der Waals surface area contributed by atoms with E-state index in [2.05, 4.69) is 275 Å². The van der Waals surface area contributed by atoms with Crippen LogP contribution in [0.25, 0.3) is 43.8 Å². The zero-order valence-electron chi connectivity index (χ0n) is 61.4. The Bertz CT molecular complexity index is 4360. The van der Waals surface area contributed by atoms with Crippen molar-refractivity contribution in [1.82, 2.24) is 14.7 Å². The summed E-state index contributed by atoms with van der Waals surface area (Å²) in [5.41, 5.74) is 27.4. The summed E-state index contributed by atoms with van der Waals surface area (Å²) in [6, 6.07) is 61.0. The Morgan fingerprint density at radius 1 is 0.382 bits per heavy atom. The van der Waals surface area contributed by atoms with Gasteiger partial charge in [-0.25, -0.2) is 0 Å². The Balaban J connectivity index is 0.000000158. The molecule has 102 heavy (non-hydrogen) atoms. The topological polar surface area (TPSA) is 28.7 Å². The van der Waals surface area contributed by atoms with Crippen LogP contribution >= 0.6 is 58.1 Å². The number of rotatable bonds is 10. The second-order valence-electron chi connectivity index (χ2n) is 26.5. The number of likely N-dealkylation sites (N-methyl/N-ethyl adjacent to an activating group) is 3. The first-order chi connectivity index (χ1) is 48.6. The minimum atomic E-state index is -1.95. The Labute approximate surface area is 649 Å². The number of nitrogens with zero attached hydrogens (tertiary/aromatic N) is 6. The maximum atomic E-state index is 6.19. The van der Waals surface area contributed by atoms with Gasteiger partial charge in [0.05, 0.1) is 0 Å². The Hall–Kier alpha value is -5.24. The van der Waals surface area contributed by atoms with Crippen molar-refractivity contribution in [3.05, 3.63) is 293 Å².